The van der Waals surface area contributed by atoms with E-state index < -0.39 is 14.4 Å². The molecule has 0 aliphatic carbocycles. The van der Waals surface area contributed by atoms with Crippen molar-refractivity contribution in [2.75, 3.05) is 13.2 Å². The number of carbonyl (C=O) groups excluding carboxylic acids is 2. The lowest BCUT2D eigenvalue weighted by Gasteiger charge is -2.37. The molecule has 0 N–H and O–H groups in total. The molecule has 5 nitrogen and oxygen atoms in total. The second-order valence-corrected chi connectivity index (χ2v) is 18.5. The van der Waals surface area contributed by atoms with Gasteiger partial charge >= 0.3 is 11.9 Å². The Hall–Kier alpha value is -1.40. The summed E-state index contributed by atoms with van der Waals surface area (Å²) >= 11 is 0. The summed E-state index contributed by atoms with van der Waals surface area (Å²) in [5.41, 5.74) is 0. The first-order chi connectivity index (χ1) is 20.5. The van der Waals surface area contributed by atoms with Gasteiger partial charge in [-0.2, -0.15) is 0 Å². The van der Waals surface area contributed by atoms with Crippen LogP contribution in [0.2, 0.25) is 18.1 Å². The van der Waals surface area contributed by atoms with Crippen molar-refractivity contribution in [3.05, 3.63) is 24.3 Å². The van der Waals surface area contributed by atoms with Crippen LogP contribution < -0.4 is 0 Å². The quantitative estimate of drug-likeness (QED) is 0.0376. The highest BCUT2D eigenvalue weighted by atomic mass is 28.4. The monoisotopic (exact) mass is 622 g/mol. The maximum Gasteiger partial charge on any atom is 0.306 e. The van der Waals surface area contributed by atoms with E-state index in [2.05, 4.69) is 72.0 Å². The summed E-state index contributed by atoms with van der Waals surface area (Å²) < 4.78 is 17.7. The predicted molar refractivity (Wildman–Crippen MR) is 186 cm³/mol. The number of allylic oxidation sites excluding steroid dienone is 4. The van der Waals surface area contributed by atoms with Crippen LogP contribution in [-0.4, -0.2) is 39.6 Å². The van der Waals surface area contributed by atoms with Crippen molar-refractivity contribution < 1.29 is 23.5 Å². The number of unbranched alkanes of at least 4 members (excludes halogenated alkanes) is 14. The van der Waals surface area contributed by atoms with Gasteiger partial charge < -0.3 is 13.9 Å². The van der Waals surface area contributed by atoms with Crippen molar-refractivity contribution in [2.24, 2.45) is 0 Å². The molecular weight excluding hydrogens is 552 g/mol. The predicted octanol–water partition coefficient (Wildman–Crippen LogP) is 11.4. The first-order valence-electron chi connectivity index (χ1n) is 17.8. The molecule has 0 fully saturated rings. The third kappa shape index (κ3) is 25.6. The molecule has 0 amide bonds. The molecule has 252 valence electrons. The van der Waals surface area contributed by atoms with Gasteiger partial charge in [-0.3, -0.25) is 9.59 Å². The van der Waals surface area contributed by atoms with Gasteiger partial charge in [-0.25, -0.2) is 0 Å². The standard InChI is InChI=1S/C37H70O5Si/c1-8-10-12-14-16-18-20-22-24-26-28-30-35(38)40-32-34(33-41-43(6,7)37(3,4)5)42-36(39)31-29-27-25-23-21-19-17-15-13-11-9-2/h14-17,34H,8-13,18-33H2,1-7H3/b16-14-,17-15-. The number of hydrogen-bond donors (Lipinski definition) is 0. The largest absolute Gasteiger partial charge is 0.462 e. The maximum absolute atomic E-state index is 12.6. The highest BCUT2D eigenvalue weighted by Gasteiger charge is 2.38. The molecule has 0 spiro atoms. The minimum Gasteiger partial charge on any atom is -0.462 e. The van der Waals surface area contributed by atoms with Crippen LogP contribution in [0.3, 0.4) is 0 Å². The van der Waals surface area contributed by atoms with Crippen LogP contribution in [-0.2, 0) is 23.5 Å². The van der Waals surface area contributed by atoms with Crippen LogP contribution >= 0.6 is 0 Å². The summed E-state index contributed by atoms with van der Waals surface area (Å²) in [7, 11) is -2.02. The molecule has 1 unspecified atom stereocenters. The molecular formula is C37H70O5Si. The van der Waals surface area contributed by atoms with Gasteiger partial charge in [0.15, 0.2) is 14.4 Å². The molecule has 0 aliphatic heterocycles. The van der Waals surface area contributed by atoms with Crippen LogP contribution in [0.5, 0.6) is 0 Å². The van der Waals surface area contributed by atoms with E-state index in [-0.39, 0.29) is 30.2 Å². The van der Waals surface area contributed by atoms with E-state index in [0.29, 0.717) is 12.8 Å². The smallest absolute Gasteiger partial charge is 0.306 e. The van der Waals surface area contributed by atoms with Crippen molar-refractivity contribution in [3.8, 4) is 0 Å². The lowest BCUT2D eigenvalue weighted by Crippen LogP contribution is -2.44. The van der Waals surface area contributed by atoms with Gasteiger partial charge in [0.1, 0.15) is 6.61 Å². The lowest BCUT2D eigenvalue weighted by molar-refractivity contribution is -0.161. The van der Waals surface area contributed by atoms with Gasteiger partial charge in [0.25, 0.3) is 0 Å². The summed E-state index contributed by atoms with van der Waals surface area (Å²) in [6.07, 6.45) is 30.1. The van der Waals surface area contributed by atoms with E-state index in [1.165, 1.54) is 64.2 Å². The Kier molecular flexibility index (Phi) is 26.1. The van der Waals surface area contributed by atoms with E-state index in [1.807, 2.05) is 0 Å². The molecule has 0 saturated heterocycles. The van der Waals surface area contributed by atoms with E-state index in [0.717, 1.165) is 51.4 Å². The third-order valence-corrected chi connectivity index (χ3v) is 13.0. The Morgan fingerprint density at radius 1 is 0.605 bits per heavy atom. The zero-order chi connectivity index (χ0) is 32.2. The second-order valence-electron chi connectivity index (χ2n) is 13.7. The van der Waals surface area contributed by atoms with Crippen LogP contribution in [0.25, 0.3) is 0 Å². The van der Waals surface area contributed by atoms with E-state index in [9.17, 15) is 9.59 Å². The molecule has 0 aromatic heterocycles. The van der Waals surface area contributed by atoms with Crippen molar-refractivity contribution >= 4 is 20.3 Å². The second kappa shape index (κ2) is 27.0. The number of ether oxygens (including phenoxy) is 2. The first kappa shape index (κ1) is 41.6. The van der Waals surface area contributed by atoms with Gasteiger partial charge in [0.2, 0.25) is 0 Å². The van der Waals surface area contributed by atoms with Crippen molar-refractivity contribution in [1.29, 1.82) is 0 Å². The summed E-state index contributed by atoms with van der Waals surface area (Å²) in [4.78, 5) is 25.1. The van der Waals surface area contributed by atoms with E-state index in [1.54, 1.807) is 0 Å². The zero-order valence-corrected chi connectivity index (χ0v) is 30.5. The van der Waals surface area contributed by atoms with Gasteiger partial charge in [-0.1, -0.05) is 123 Å². The molecule has 0 aliphatic rings. The van der Waals surface area contributed by atoms with Crippen molar-refractivity contribution in [1.82, 2.24) is 0 Å². The summed E-state index contributed by atoms with van der Waals surface area (Å²) in [5, 5.41) is 0.0505. The summed E-state index contributed by atoms with van der Waals surface area (Å²) in [5.74, 6) is -0.439. The Bertz CT molecular complexity index is 738. The lowest BCUT2D eigenvalue weighted by atomic mass is 10.1. The van der Waals surface area contributed by atoms with E-state index >= 15 is 0 Å². The minimum absolute atomic E-state index is 0.0505. The molecule has 0 aromatic rings. The average molecular weight is 623 g/mol. The Morgan fingerprint density at radius 3 is 1.49 bits per heavy atom. The maximum atomic E-state index is 12.6. The topological polar surface area (TPSA) is 61.8 Å². The average Bonchev–Trinajstić information content (AvgIpc) is 2.95. The molecule has 1 atom stereocenters. The molecule has 0 heterocycles. The van der Waals surface area contributed by atoms with Crippen molar-refractivity contribution in [3.63, 3.8) is 0 Å². The van der Waals surface area contributed by atoms with Crippen molar-refractivity contribution in [2.45, 2.75) is 187 Å². The number of rotatable bonds is 28. The van der Waals surface area contributed by atoms with Crippen LogP contribution in [0, 0.1) is 0 Å². The third-order valence-electron chi connectivity index (χ3n) is 8.45. The zero-order valence-electron chi connectivity index (χ0n) is 29.5. The first-order valence-corrected chi connectivity index (χ1v) is 20.7. The van der Waals surface area contributed by atoms with Gasteiger partial charge in [0, 0.05) is 12.8 Å². The minimum atomic E-state index is -2.02. The highest BCUT2D eigenvalue weighted by molar-refractivity contribution is 6.74. The molecule has 43 heavy (non-hydrogen) atoms. The molecule has 0 bridgehead atoms. The Labute approximate surface area is 268 Å². The van der Waals surface area contributed by atoms with Gasteiger partial charge in [-0.05, 0) is 69.5 Å². The Morgan fingerprint density at radius 2 is 1.02 bits per heavy atom. The number of carbonyl (C=O) groups is 2. The molecule has 6 heteroatoms. The molecule has 0 rings (SSSR count). The fourth-order valence-electron chi connectivity index (χ4n) is 4.38. The highest BCUT2D eigenvalue weighted by Crippen LogP contribution is 2.36. The fraction of sp³-hybridized carbons (Fsp3) is 0.838. The van der Waals surface area contributed by atoms with Crippen LogP contribution in [0.1, 0.15) is 163 Å². The summed E-state index contributed by atoms with van der Waals surface area (Å²) in [6, 6.07) is 0. The SMILES string of the molecule is CCCC/C=C\CCCCCCCC(=O)OCC(CO[Si](C)(C)C(C)(C)C)OC(=O)CCCCCCC/C=C\CCCC. The fourth-order valence-corrected chi connectivity index (χ4v) is 5.41. The van der Waals surface area contributed by atoms with Crippen LogP contribution in [0.15, 0.2) is 24.3 Å². The normalized spacial score (nSPS) is 13.2. The number of hydrogen-bond acceptors (Lipinski definition) is 5. The van der Waals surface area contributed by atoms with E-state index in [4.69, 9.17) is 13.9 Å². The Balaban J connectivity index is 4.37. The molecule has 0 saturated carbocycles. The van der Waals surface area contributed by atoms with Gasteiger partial charge in [0.05, 0.1) is 6.61 Å². The van der Waals surface area contributed by atoms with Crippen LogP contribution in [0.4, 0.5) is 0 Å². The summed E-state index contributed by atoms with van der Waals surface area (Å²) in [6.45, 7) is 15.7. The molecule has 0 radical (unpaired) electrons. The molecule has 0 aromatic carbocycles. The number of esters is 2. The van der Waals surface area contributed by atoms with Gasteiger partial charge in [-0.15, -0.1) is 0 Å².